The molecule has 0 aromatic heterocycles. The van der Waals surface area contributed by atoms with Gasteiger partial charge in [0.2, 0.25) is 0 Å². The van der Waals surface area contributed by atoms with Crippen LogP contribution in [0.15, 0.2) is 36.9 Å². The molecular weight excluding hydrogens is 322 g/mol. The highest BCUT2D eigenvalue weighted by molar-refractivity contribution is 5.77. The van der Waals surface area contributed by atoms with Gasteiger partial charge < -0.3 is 19.9 Å². The molecule has 1 amide bonds. The highest BCUT2D eigenvalue weighted by Gasteiger charge is 2.30. The molecule has 0 radical (unpaired) electrons. The van der Waals surface area contributed by atoms with E-state index in [9.17, 15) is 14.7 Å². The first-order valence-corrected chi connectivity index (χ1v) is 8.57. The number of benzene rings is 1. The van der Waals surface area contributed by atoms with Crippen molar-refractivity contribution in [3.63, 3.8) is 0 Å². The fourth-order valence-electron chi connectivity index (χ4n) is 3.05. The van der Waals surface area contributed by atoms with Gasteiger partial charge in [0.25, 0.3) is 5.91 Å². The minimum atomic E-state index is -0.775. The third kappa shape index (κ3) is 5.81. The van der Waals surface area contributed by atoms with Crippen molar-refractivity contribution in [1.29, 1.82) is 0 Å². The average molecular weight is 347 g/mol. The number of amides is 1. The Hall–Kier alpha value is -2.50. The minimum Gasteiger partial charge on any atom is -0.486 e. The summed E-state index contributed by atoms with van der Waals surface area (Å²) < 4.78 is 11.0. The first kappa shape index (κ1) is 18.8. The summed E-state index contributed by atoms with van der Waals surface area (Å²) in [5.41, 5.74) is 0. The van der Waals surface area contributed by atoms with Gasteiger partial charge in [-0.3, -0.25) is 9.59 Å². The number of hydrogen-bond acceptors (Lipinski definition) is 4. The van der Waals surface area contributed by atoms with E-state index >= 15 is 0 Å². The van der Waals surface area contributed by atoms with Crippen LogP contribution in [-0.4, -0.2) is 36.7 Å². The Labute approximate surface area is 147 Å². The van der Waals surface area contributed by atoms with Gasteiger partial charge in [-0.1, -0.05) is 37.6 Å². The number of nitrogens with one attached hydrogen (secondary N) is 1. The summed E-state index contributed by atoms with van der Waals surface area (Å²) in [6.07, 6.45) is 5.09. The standard InChI is InChI=1S/C19H25NO5/c1-2-11-24-16-9-5-6-10-17(16)25-13-18(21)20-12-14-7-3-4-8-15(14)19(22)23/h2,5-6,9-10,14-15H,1,3-4,7-8,11-13H2,(H,20,21)(H,22,23)/t14-,15-/m0/s1. The van der Waals surface area contributed by atoms with Crippen LogP contribution in [0.4, 0.5) is 0 Å². The normalized spacial score (nSPS) is 19.7. The highest BCUT2D eigenvalue weighted by atomic mass is 16.5. The molecular formula is C19H25NO5. The molecule has 1 saturated carbocycles. The Morgan fingerprint density at radius 2 is 1.88 bits per heavy atom. The predicted octanol–water partition coefficient (Wildman–Crippen LogP) is 2.64. The van der Waals surface area contributed by atoms with Crippen molar-refractivity contribution >= 4 is 11.9 Å². The van der Waals surface area contributed by atoms with Gasteiger partial charge in [-0.25, -0.2) is 0 Å². The summed E-state index contributed by atoms with van der Waals surface area (Å²) in [6, 6.07) is 7.11. The number of carboxylic acids is 1. The SMILES string of the molecule is C=CCOc1ccccc1OCC(=O)NC[C@@H]1CCCC[C@@H]1C(=O)O. The molecule has 0 aliphatic heterocycles. The zero-order valence-corrected chi connectivity index (χ0v) is 14.3. The minimum absolute atomic E-state index is 0.0154. The van der Waals surface area contributed by atoms with Crippen LogP contribution in [0.2, 0.25) is 0 Å². The van der Waals surface area contributed by atoms with Gasteiger partial charge in [0, 0.05) is 6.54 Å². The smallest absolute Gasteiger partial charge is 0.306 e. The van der Waals surface area contributed by atoms with Gasteiger partial charge in [-0.2, -0.15) is 0 Å². The molecule has 1 aliphatic carbocycles. The second kappa shape index (κ2) is 9.71. The van der Waals surface area contributed by atoms with Gasteiger partial charge in [0.15, 0.2) is 18.1 Å². The first-order chi connectivity index (χ1) is 12.1. The maximum Gasteiger partial charge on any atom is 0.306 e. The average Bonchev–Trinajstić information content (AvgIpc) is 2.63. The topological polar surface area (TPSA) is 84.9 Å². The third-order valence-corrected chi connectivity index (χ3v) is 4.35. The van der Waals surface area contributed by atoms with Crippen LogP contribution >= 0.6 is 0 Å². The number of carbonyl (C=O) groups is 2. The van der Waals surface area contributed by atoms with Crippen LogP contribution < -0.4 is 14.8 Å². The zero-order chi connectivity index (χ0) is 18.1. The molecule has 1 aliphatic rings. The zero-order valence-electron chi connectivity index (χ0n) is 14.3. The molecule has 0 spiro atoms. The lowest BCUT2D eigenvalue weighted by Gasteiger charge is -2.28. The van der Waals surface area contributed by atoms with E-state index in [-0.39, 0.29) is 24.3 Å². The largest absolute Gasteiger partial charge is 0.486 e. The van der Waals surface area contributed by atoms with Crippen molar-refractivity contribution in [3.05, 3.63) is 36.9 Å². The number of para-hydroxylation sites is 2. The van der Waals surface area contributed by atoms with Gasteiger partial charge in [-0.15, -0.1) is 0 Å². The molecule has 6 heteroatoms. The van der Waals surface area contributed by atoms with Crippen LogP contribution in [-0.2, 0) is 9.59 Å². The number of ether oxygens (including phenoxy) is 2. The molecule has 2 N–H and O–H groups in total. The summed E-state index contributed by atoms with van der Waals surface area (Å²) in [4.78, 5) is 23.3. The van der Waals surface area contributed by atoms with E-state index in [1.54, 1.807) is 24.3 Å². The quantitative estimate of drug-likeness (QED) is 0.671. The van der Waals surface area contributed by atoms with Crippen molar-refractivity contribution in [2.45, 2.75) is 25.7 Å². The summed E-state index contributed by atoms with van der Waals surface area (Å²) in [7, 11) is 0. The Bertz CT molecular complexity index is 601. The van der Waals surface area contributed by atoms with Crippen LogP contribution in [0.5, 0.6) is 11.5 Å². The van der Waals surface area contributed by atoms with Gasteiger partial charge in [-0.05, 0) is 30.9 Å². The summed E-state index contributed by atoms with van der Waals surface area (Å²) in [5.74, 6) is -0.396. The Kier molecular flexibility index (Phi) is 7.32. The maximum atomic E-state index is 12.0. The molecule has 1 aromatic carbocycles. The van der Waals surface area contributed by atoms with E-state index in [0.717, 1.165) is 19.3 Å². The van der Waals surface area contributed by atoms with Crippen molar-refractivity contribution in [1.82, 2.24) is 5.32 Å². The number of rotatable bonds is 9. The van der Waals surface area contributed by atoms with Crippen molar-refractivity contribution < 1.29 is 24.2 Å². The number of aliphatic carboxylic acids is 1. The van der Waals surface area contributed by atoms with Gasteiger partial charge >= 0.3 is 5.97 Å². The molecule has 0 unspecified atom stereocenters. The second-order valence-electron chi connectivity index (χ2n) is 6.13. The third-order valence-electron chi connectivity index (χ3n) is 4.35. The van der Waals surface area contributed by atoms with E-state index in [4.69, 9.17) is 9.47 Å². The van der Waals surface area contributed by atoms with Crippen LogP contribution in [0.3, 0.4) is 0 Å². The molecule has 2 rings (SSSR count). The van der Waals surface area contributed by atoms with E-state index < -0.39 is 5.97 Å². The molecule has 136 valence electrons. The fraction of sp³-hybridized carbons (Fsp3) is 0.474. The number of carboxylic acid groups (broad SMARTS) is 1. The predicted molar refractivity (Wildman–Crippen MR) is 93.7 cm³/mol. The lowest BCUT2D eigenvalue weighted by atomic mass is 9.79. The molecule has 2 atom stereocenters. The van der Waals surface area contributed by atoms with Gasteiger partial charge in [0.1, 0.15) is 6.61 Å². The molecule has 0 bridgehead atoms. The summed E-state index contributed by atoms with van der Waals surface area (Å²) >= 11 is 0. The summed E-state index contributed by atoms with van der Waals surface area (Å²) in [6.45, 7) is 4.18. The summed E-state index contributed by atoms with van der Waals surface area (Å²) in [5, 5.41) is 12.1. The first-order valence-electron chi connectivity index (χ1n) is 8.57. The van der Waals surface area contributed by atoms with E-state index in [1.807, 2.05) is 6.07 Å². The fourth-order valence-corrected chi connectivity index (χ4v) is 3.05. The Morgan fingerprint density at radius 3 is 2.56 bits per heavy atom. The van der Waals surface area contributed by atoms with E-state index in [0.29, 0.717) is 31.1 Å². The van der Waals surface area contributed by atoms with Gasteiger partial charge in [0.05, 0.1) is 5.92 Å². The number of hydrogen-bond donors (Lipinski definition) is 2. The van der Waals surface area contributed by atoms with Crippen LogP contribution in [0.25, 0.3) is 0 Å². The Morgan fingerprint density at radius 1 is 1.20 bits per heavy atom. The lowest BCUT2D eigenvalue weighted by molar-refractivity contribution is -0.145. The van der Waals surface area contributed by atoms with E-state index in [2.05, 4.69) is 11.9 Å². The van der Waals surface area contributed by atoms with Crippen LogP contribution in [0.1, 0.15) is 25.7 Å². The number of carbonyl (C=O) groups excluding carboxylic acids is 1. The molecule has 25 heavy (non-hydrogen) atoms. The molecule has 6 nitrogen and oxygen atoms in total. The molecule has 0 saturated heterocycles. The van der Waals surface area contributed by atoms with Crippen molar-refractivity contribution in [2.75, 3.05) is 19.8 Å². The Balaban J connectivity index is 1.81. The molecule has 1 aromatic rings. The highest BCUT2D eigenvalue weighted by Crippen LogP contribution is 2.30. The monoisotopic (exact) mass is 347 g/mol. The van der Waals surface area contributed by atoms with Crippen molar-refractivity contribution in [2.24, 2.45) is 11.8 Å². The van der Waals surface area contributed by atoms with Crippen molar-refractivity contribution in [3.8, 4) is 11.5 Å². The lowest BCUT2D eigenvalue weighted by Crippen LogP contribution is -2.38. The second-order valence-corrected chi connectivity index (χ2v) is 6.13. The molecule has 1 fully saturated rings. The molecule has 0 heterocycles. The maximum absolute atomic E-state index is 12.0. The van der Waals surface area contributed by atoms with E-state index in [1.165, 1.54) is 0 Å². The van der Waals surface area contributed by atoms with Crippen LogP contribution in [0, 0.1) is 11.8 Å².